The second-order valence-electron chi connectivity index (χ2n) is 11.6. The van der Waals surface area contributed by atoms with Gasteiger partial charge in [-0.1, -0.05) is 6.07 Å². The van der Waals surface area contributed by atoms with E-state index in [9.17, 15) is 18.7 Å². The van der Waals surface area contributed by atoms with Gasteiger partial charge in [0.05, 0.1) is 67.3 Å². The van der Waals surface area contributed by atoms with Gasteiger partial charge in [-0.2, -0.15) is 0 Å². The monoisotopic (exact) mass is 600 g/mol. The number of carbonyl (C=O) groups is 1. The third kappa shape index (κ3) is 5.81. The summed E-state index contributed by atoms with van der Waals surface area (Å²) in [6, 6.07) is 14.6. The number of hydrogen-bond donors (Lipinski definition) is 1. The number of benzene rings is 2. The van der Waals surface area contributed by atoms with E-state index in [1.807, 2.05) is 25.1 Å². The van der Waals surface area contributed by atoms with E-state index >= 15 is 0 Å². The van der Waals surface area contributed by atoms with Crippen LogP contribution in [0.5, 0.6) is 11.5 Å². The molecule has 0 atom stereocenters. The highest BCUT2D eigenvalue weighted by Crippen LogP contribution is 2.35. The second-order valence-corrected chi connectivity index (χ2v) is 11.6. The molecule has 2 aromatic carbocycles. The van der Waals surface area contributed by atoms with Gasteiger partial charge in [0.2, 0.25) is 0 Å². The van der Waals surface area contributed by atoms with Gasteiger partial charge in [-0.15, -0.1) is 0 Å². The van der Waals surface area contributed by atoms with Gasteiger partial charge in [0.15, 0.2) is 0 Å². The van der Waals surface area contributed by atoms with Crippen LogP contribution in [0, 0.1) is 11.6 Å². The van der Waals surface area contributed by atoms with E-state index in [2.05, 4.69) is 14.9 Å². The van der Waals surface area contributed by atoms with Crippen molar-refractivity contribution in [2.24, 2.45) is 0 Å². The number of fused-ring (bicyclic) bond motifs is 1. The lowest BCUT2D eigenvalue weighted by molar-refractivity contribution is 0.0351. The fourth-order valence-electron chi connectivity index (χ4n) is 5.92. The van der Waals surface area contributed by atoms with Gasteiger partial charge < -0.3 is 24.4 Å². The van der Waals surface area contributed by atoms with Gasteiger partial charge in [0.1, 0.15) is 23.1 Å². The van der Waals surface area contributed by atoms with Crippen molar-refractivity contribution in [3.05, 3.63) is 101 Å². The fourth-order valence-corrected chi connectivity index (χ4v) is 5.92. The number of methoxy groups -OCH3 is 2. The van der Waals surface area contributed by atoms with Crippen molar-refractivity contribution in [1.82, 2.24) is 14.9 Å². The summed E-state index contributed by atoms with van der Waals surface area (Å²) in [5.41, 5.74) is 3.15. The predicted octanol–water partition coefficient (Wildman–Crippen LogP) is 5.54. The van der Waals surface area contributed by atoms with Crippen LogP contribution in [0.4, 0.5) is 14.5 Å². The van der Waals surface area contributed by atoms with Crippen LogP contribution in [0.2, 0.25) is 0 Å². The zero-order chi connectivity index (χ0) is 31.0. The van der Waals surface area contributed by atoms with E-state index in [-0.39, 0.29) is 36.7 Å². The minimum Gasteiger partial charge on any atom is -0.497 e. The maximum atomic E-state index is 14.9. The minimum atomic E-state index is -0.726. The lowest BCUT2D eigenvalue weighted by Crippen LogP contribution is -2.42. The van der Waals surface area contributed by atoms with Crippen molar-refractivity contribution in [2.45, 2.75) is 44.9 Å². The number of aromatic nitrogens is 2. The van der Waals surface area contributed by atoms with Crippen LogP contribution in [0.15, 0.2) is 60.8 Å². The van der Waals surface area contributed by atoms with Crippen LogP contribution in [0.3, 0.4) is 0 Å². The van der Waals surface area contributed by atoms with Crippen molar-refractivity contribution in [1.29, 1.82) is 0 Å². The van der Waals surface area contributed by atoms with Crippen molar-refractivity contribution < 1.29 is 28.2 Å². The Bertz CT molecular complexity index is 1680. The number of anilines is 1. The van der Waals surface area contributed by atoms with Gasteiger partial charge >= 0.3 is 0 Å². The molecule has 4 heterocycles. The Kier molecular flexibility index (Phi) is 7.94. The number of ether oxygens (including phenoxy) is 2. The molecule has 2 aliphatic rings. The Morgan fingerprint density at radius 2 is 1.70 bits per heavy atom. The standard InChI is InChI=1S/C34H34F2N4O4/c1-34(42)11-13-39(14-12-34)24-9-8-23(37-18-24)15-22-16-28(32-26(35)5-4-6-27(32)36)38-29-20-40(33(41)31(22)29)19-21-7-10-25(43-2)17-30(21)44-3/h4-10,16-18,42H,11-15,19-20H2,1-3H3. The van der Waals surface area contributed by atoms with E-state index < -0.39 is 17.2 Å². The Labute approximate surface area is 254 Å². The average Bonchev–Trinajstić information content (AvgIpc) is 3.32. The maximum absolute atomic E-state index is 14.9. The summed E-state index contributed by atoms with van der Waals surface area (Å²) in [5.74, 6) is -0.464. The van der Waals surface area contributed by atoms with E-state index in [4.69, 9.17) is 9.47 Å². The summed E-state index contributed by atoms with van der Waals surface area (Å²) in [7, 11) is 3.13. The molecule has 6 rings (SSSR count). The molecular weight excluding hydrogens is 566 g/mol. The smallest absolute Gasteiger partial charge is 0.256 e. The third-order valence-electron chi connectivity index (χ3n) is 8.48. The molecule has 228 valence electrons. The number of hydrogen-bond acceptors (Lipinski definition) is 7. The number of carbonyl (C=O) groups excluding carboxylic acids is 1. The van der Waals surface area contributed by atoms with E-state index in [1.165, 1.54) is 18.2 Å². The molecule has 1 fully saturated rings. The molecule has 1 amide bonds. The molecule has 0 aliphatic carbocycles. The molecule has 4 aromatic rings. The minimum absolute atomic E-state index is 0.128. The van der Waals surface area contributed by atoms with Gasteiger partial charge in [0, 0.05) is 36.8 Å². The number of amides is 1. The summed E-state index contributed by atoms with van der Waals surface area (Å²) in [5, 5.41) is 10.3. The lowest BCUT2D eigenvalue weighted by Gasteiger charge is -2.37. The largest absolute Gasteiger partial charge is 0.497 e. The van der Waals surface area contributed by atoms with Crippen molar-refractivity contribution in [3.63, 3.8) is 0 Å². The van der Waals surface area contributed by atoms with Crippen LogP contribution in [-0.2, 0) is 19.5 Å². The van der Waals surface area contributed by atoms with E-state index in [0.29, 0.717) is 46.9 Å². The molecule has 0 bridgehead atoms. The first-order valence-corrected chi connectivity index (χ1v) is 14.6. The highest BCUT2D eigenvalue weighted by Gasteiger charge is 2.33. The van der Waals surface area contributed by atoms with Crippen LogP contribution in [0.25, 0.3) is 11.3 Å². The van der Waals surface area contributed by atoms with Crippen molar-refractivity contribution in [3.8, 4) is 22.8 Å². The first-order chi connectivity index (χ1) is 21.2. The molecule has 10 heteroatoms. The molecule has 1 N–H and O–H groups in total. The van der Waals surface area contributed by atoms with Crippen molar-refractivity contribution >= 4 is 11.6 Å². The highest BCUT2D eigenvalue weighted by atomic mass is 19.1. The fraction of sp³-hybridized carbons (Fsp3) is 0.324. The average molecular weight is 601 g/mol. The molecular formula is C34H34F2N4O4. The summed E-state index contributed by atoms with van der Waals surface area (Å²) < 4.78 is 40.6. The van der Waals surface area contributed by atoms with E-state index in [0.717, 1.165) is 24.3 Å². The normalized spacial score (nSPS) is 15.8. The second kappa shape index (κ2) is 11.8. The molecule has 8 nitrogen and oxygen atoms in total. The molecule has 0 radical (unpaired) electrons. The highest BCUT2D eigenvalue weighted by molar-refractivity contribution is 5.99. The number of pyridine rings is 2. The van der Waals surface area contributed by atoms with Crippen LogP contribution in [-0.4, -0.2) is 58.8 Å². The summed E-state index contributed by atoms with van der Waals surface area (Å²) in [6.45, 7) is 3.74. The van der Waals surface area contributed by atoms with Gasteiger partial charge in [-0.25, -0.2) is 13.8 Å². The predicted molar refractivity (Wildman–Crippen MR) is 162 cm³/mol. The Balaban J connectivity index is 1.33. The Morgan fingerprint density at radius 3 is 2.36 bits per heavy atom. The van der Waals surface area contributed by atoms with Gasteiger partial charge in [0.25, 0.3) is 5.91 Å². The summed E-state index contributed by atoms with van der Waals surface area (Å²) in [6.07, 6.45) is 3.41. The number of piperidine rings is 1. The van der Waals surface area contributed by atoms with Gasteiger partial charge in [-0.3, -0.25) is 9.78 Å². The quantitative estimate of drug-likeness (QED) is 0.284. The van der Waals surface area contributed by atoms with Crippen molar-refractivity contribution in [2.75, 3.05) is 32.2 Å². The molecule has 1 saturated heterocycles. The first kappa shape index (κ1) is 29.5. The molecule has 0 unspecified atom stereocenters. The van der Waals surface area contributed by atoms with Gasteiger partial charge in [-0.05, 0) is 67.8 Å². The number of halogens is 2. The summed E-state index contributed by atoms with van der Waals surface area (Å²) >= 11 is 0. The summed E-state index contributed by atoms with van der Waals surface area (Å²) in [4.78, 5) is 27.0. The van der Waals surface area contributed by atoms with E-state index in [1.54, 1.807) is 43.5 Å². The molecule has 0 saturated carbocycles. The van der Waals surface area contributed by atoms with Crippen LogP contribution < -0.4 is 14.4 Å². The Hall–Kier alpha value is -4.57. The maximum Gasteiger partial charge on any atom is 0.256 e. The third-order valence-corrected chi connectivity index (χ3v) is 8.48. The molecule has 2 aliphatic heterocycles. The van der Waals surface area contributed by atoms with Crippen LogP contribution >= 0.6 is 0 Å². The zero-order valence-electron chi connectivity index (χ0n) is 24.9. The first-order valence-electron chi connectivity index (χ1n) is 14.6. The molecule has 44 heavy (non-hydrogen) atoms. The molecule has 0 spiro atoms. The molecule has 2 aromatic heterocycles. The lowest BCUT2D eigenvalue weighted by atomic mass is 9.93. The SMILES string of the molecule is COc1ccc(CN2Cc3nc(-c4c(F)cccc4F)cc(Cc4ccc(N5CCC(C)(O)CC5)cn4)c3C2=O)c(OC)c1. The number of nitrogens with zero attached hydrogens (tertiary/aromatic N) is 4. The van der Waals surface area contributed by atoms with Crippen LogP contribution in [0.1, 0.15) is 52.6 Å². The Morgan fingerprint density at radius 1 is 0.955 bits per heavy atom. The topological polar surface area (TPSA) is 88.0 Å². The number of aliphatic hydroxyl groups is 1. The zero-order valence-corrected chi connectivity index (χ0v) is 24.9. The number of rotatable bonds is 8.